The predicted octanol–water partition coefficient (Wildman–Crippen LogP) is 0.906. The Morgan fingerprint density at radius 3 is 2.73 bits per heavy atom. The molecule has 1 aromatic rings. The summed E-state index contributed by atoms with van der Waals surface area (Å²) in [4.78, 5) is 2.46. The van der Waals surface area contributed by atoms with Crippen molar-refractivity contribution in [2.75, 3.05) is 19.6 Å². The number of rotatable bonds is 3. The number of nitrogens with two attached hydrogens (primary N) is 1. The number of likely N-dealkylation sites (tertiary alicyclic amines) is 1. The van der Waals surface area contributed by atoms with Gasteiger partial charge in [-0.15, -0.1) is 0 Å². The second kappa shape index (κ2) is 4.77. The molecular formula is C11H20N4. The van der Waals surface area contributed by atoms with E-state index in [0.717, 1.165) is 12.1 Å². The van der Waals surface area contributed by atoms with Crippen LogP contribution in [0.4, 0.5) is 0 Å². The number of nitrogens with zero attached hydrogens (tertiary/aromatic N) is 3. The van der Waals surface area contributed by atoms with Gasteiger partial charge in [0.05, 0.1) is 6.20 Å². The number of piperidine rings is 1. The van der Waals surface area contributed by atoms with Gasteiger partial charge in [-0.1, -0.05) is 6.42 Å². The summed E-state index contributed by atoms with van der Waals surface area (Å²) in [5, 5.41) is 4.15. The highest BCUT2D eigenvalue weighted by molar-refractivity contribution is 5.09. The monoisotopic (exact) mass is 208 g/mol. The summed E-state index contributed by atoms with van der Waals surface area (Å²) in [5.74, 6) is 0. The maximum Gasteiger partial charge on any atom is 0.0537 e. The van der Waals surface area contributed by atoms with Gasteiger partial charge in [0.25, 0.3) is 0 Å². The molecular weight excluding hydrogens is 188 g/mol. The topological polar surface area (TPSA) is 47.1 Å². The van der Waals surface area contributed by atoms with Crippen molar-refractivity contribution in [2.24, 2.45) is 12.8 Å². The van der Waals surface area contributed by atoms with Crippen LogP contribution >= 0.6 is 0 Å². The number of hydrogen-bond acceptors (Lipinski definition) is 3. The van der Waals surface area contributed by atoms with Gasteiger partial charge >= 0.3 is 0 Å². The van der Waals surface area contributed by atoms with Gasteiger partial charge < -0.3 is 10.6 Å². The fourth-order valence-electron chi connectivity index (χ4n) is 2.16. The van der Waals surface area contributed by atoms with E-state index in [-0.39, 0.29) is 6.04 Å². The van der Waals surface area contributed by atoms with Gasteiger partial charge in [-0.05, 0) is 25.9 Å². The molecule has 1 unspecified atom stereocenters. The zero-order valence-corrected chi connectivity index (χ0v) is 9.39. The van der Waals surface area contributed by atoms with E-state index in [1.54, 1.807) is 0 Å². The largest absolute Gasteiger partial charge is 0.323 e. The maximum absolute atomic E-state index is 6.14. The van der Waals surface area contributed by atoms with Crippen LogP contribution in [-0.4, -0.2) is 34.3 Å². The molecule has 15 heavy (non-hydrogen) atoms. The van der Waals surface area contributed by atoms with E-state index in [0.29, 0.717) is 0 Å². The molecule has 0 aliphatic carbocycles. The van der Waals surface area contributed by atoms with Crippen LogP contribution in [0.15, 0.2) is 12.4 Å². The van der Waals surface area contributed by atoms with Gasteiger partial charge in [-0.2, -0.15) is 5.10 Å². The third-order valence-electron chi connectivity index (χ3n) is 3.06. The average molecular weight is 208 g/mol. The molecule has 2 N–H and O–H groups in total. The van der Waals surface area contributed by atoms with Gasteiger partial charge in [-0.25, -0.2) is 0 Å². The van der Waals surface area contributed by atoms with Crippen LogP contribution in [0.1, 0.15) is 30.9 Å². The summed E-state index contributed by atoms with van der Waals surface area (Å²) in [6.07, 6.45) is 7.89. The number of hydrogen-bond donors (Lipinski definition) is 1. The summed E-state index contributed by atoms with van der Waals surface area (Å²) in [5.41, 5.74) is 7.29. The quantitative estimate of drug-likeness (QED) is 0.803. The van der Waals surface area contributed by atoms with Crippen molar-refractivity contribution in [3.8, 4) is 0 Å². The Hall–Kier alpha value is -0.870. The molecule has 0 spiro atoms. The molecule has 84 valence electrons. The molecule has 1 atom stereocenters. The molecule has 0 amide bonds. The van der Waals surface area contributed by atoms with Crippen LogP contribution in [0.5, 0.6) is 0 Å². The van der Waals surface area contributed by atoms with Crippen LogP contribution in [-0.2, 0) is 7.05 Å². The van der Waals surface area contributed by atoms with Crippen LogP contribution in [0, 0.1) is 0 Å². The Balaban J connectivity index is 1.88. The zero-order valence-electron chi connectivity index (χ0n) is 9.39. The second-order valence-electron chi connectivity index (χ2n) is 4.42. The summed E-state index contributed by atoms with van der Waals surface area (Å²) in [6.45, 7) is 3.37. The minimum absolute atomic E-state index is 0.108. The van der Waals surface area contributed by atoms with Crippen molar-refractivity contribution in [3.63, 3.8) is 0 Å². The molecule has 1 fully saturated rings. The van der Waals surface area contributed by atoms with E-state index in [4.69, 9.17) is 5.73 Å². The molecule has 0 saturated carbocycles. The third kappa shape index (κ3) is 2.79. The Morgan fingerprint density at radius 1 is 1.40 bits per heavy atom. The first-order chi connectivity index (χ1) is 7.25. The molecule has 0 radical (unpaired) electrons. The molecule has 2 rings (SSSR count). The lowest BCUT2D eigenvalue weighted by atomic mass is 10.1. The first-order valence-corrected chi connectivity index (χ1v) is 5.72. The predicted molar refractivity (Wildman–Crippen MR) is 60.4 cm³/mol. The summed E-state index contributed by atoms with van der Waals surface area (Å²) in [6, 6.07) is 0.108. The number of aromatic nitrogens is 2. The maximum atomic E-state index is 6.14. The first kappa shape index (κ1) is 10.6. The standard InChI is InChI=1S/C11H20N4/c1-14-8-10(7-13-14)11(12)9-15-5-3-2-4-6-15/h7-8,11H,2-6,9,12H2,1H3. The fourth-order valence-corrected chi connectivity index (χ4v) is 2.16. The van der Waals surface area contributed by atoms with Crippen LogP contribution in [0.25, 0.3) is 0 Å². The van der Waals surface area contributed by atoms with Crippen molar-refractivity contribution in [1.29, 1.82) is 0 Å². The lowest BCUT2D eigenvalue weighted by molar-refractivity contribution is 0.216. The van der Waals surface area contributed by atoms with E-state index in [9.17, 15) is 0 Å². The summed E-state index contributed by atoms with van der Waals surface area (Å²) < 4.78 is 1.81. The van der Waals surface area contributed by atoms with E-state index in [1.165, 1.54) is 32.4 Å². The highest BCUT2D eigenvalue weighted by Gasteiger charge is 2.15. The molecule has 4 nitrogen and oxygen atoms in total. The third-order valence-corrected chi connectivity index (χ3v) is 3.06. The second-order valence-corrected chi connectivity index (χ2v) is 4.42. The van der Waals surface area contributed by atoms with Crippen molar-refractivity contribution >= 4 is 0 Å². The van der Waals surface area contributed by atoms with Crippen LogP contribution in [0.2, 0.25) is 0 Å². The molecule has 1 aliphatic rings. The van der Waals surface area contributed by atoms with Gasteiger partial charge in [0, 0.05) is 31.4 Å². The van der Waals surface area contributed by atoms with Gasteiger partial charge in [0.2, 0.25) is 0 Å². The molecule has 2 heterocycles. The molecule has 0 bridgehead atoms. The molecule has 1 saturated heterocycles. The van der Waals surface area contributed by atoms with Crippen molar-refractivity contribution in [3.05, 3.63) is 18.0 Å². The molecule has 0 aromatic carbocycles. The Labute approximate surface area is 91.1 Å². The smallest absolute Gasteiger partial charge is 0.0537 e. The first-order valence-electron chi connectivity index (χ1n) is 5.72. The minimum Gasteiger partial charge on any atom is -0.323 e. The van der Waals surface area contributed by atoms with E-state index in [2.05, 4.69) is 10.00 Å². The number of aryl methyl sites for hydroxylation is 1. The Kier molecular flexibility index (Phi) is 3.38. The lowest BCUT2D eigenvalue weighted by Gasteiger charge is -2.28. The summed E-state index contributed by atoms with van der Waals surface area (Å²) >= 11 is 0. The highest BCUT2D eigenvalue weighted by Crippen LogP contribution is 2.14. The van der Waals surface area contributed by atoms with Gasteiger partial charge in [0.15, 0.2) is 0 Å². The van der Waals surface area contributed by atoms with Crippen molar-refractivity contribution < 1.29 is 0 Å². The Bertz CT molecular complexity index is 301. The minimum atomic E-state index is 0.108. The van der Waals surface area contributed by atoms with Crippen molar-refractivity contribution in [1.82, 2.24) is 14.7 Å². The molecule has 4 heteroatoms. The SMILES string of the molecule is Cn1cc(C(N)CN2CCCCC2)cn1. The average Bonchev–Trinajstić information content (AvgIpc) is 2.66. The van der Waals surface area contributed by atoms with E-state index < -0.39 is 0 Å². The van der Waals surface area contributed by atoms with E-state index in [1.807, 2.05) is 24.1 Å². The fraction of sp³-hybridized carbons (Fsp3) is 0.727. The van der Waals surface area contributed by atoms with Gasteiger partial charge in [0.1, 0.15) is 0 Å². The summed E-state index contributed by atoms with van der Waals surface area (Å²) in [7, 11) is 1.93. The Morgan fingerprint density at radius 2 is 2.13 bits per heavy atom. The molecule has 1 aromatic heterocycles. The zero-order chi connectivity index (χ0) is 10.7. The highest BCUT2D eigenvalue weighted by atomic mass is 15.2. The normalized spacial score (nSPS) is 20.4. The van der Waals surface area contributed by atoms with Crippen LogP contribution in [0.3, 0.4) is 0 Å². The molecule has 1 aliphatic heterocycles. The van der Waals surface area contributed by atoms with Crippen molar-refractivity contribution in [2.45, 2.75) is 25.3 Å². The van der Waals surface area contributed by atoms with Gasteiger partial charge in [-0.3, -0.25) is 4.68 Å². The lowest BCUT2D eigenvalue weighted by Crippen LogP contribution is -2.35. The van der Waals surface area contributed by atoms with Crippen LogP contribution < -0.4 is 5.73 Å². The van der Waals surface area contributed by atoms with E-state index >= 15 is 0 Å².